The maximum Gasteiger partial charge on any atom is 0.233 e. The van der Waals surface area contributed by atoms with Crippen LogP contribution in [-0.2, 0) is 4.79 Å². The van der Waals surface area contributed by atoms with Gasteiger partial charge in [-0.1, -0.05) is 0 Å². The lowest BCUT2D eigenvalue weighted by molar-refractivity contribution is -0.120. The predicted molar refractivity (Wildman–Crippen MR) is 68.9 cm³/mol. The van der Waals surface area contributed by atoms with Crippen molar-refractivity contribution in [2.24, 2.45) is 5.92 Å². The number of hydrogen-bond donors (Lipinski definition) is 2. The van der Waals surface area contributed by atoms with Gasteiger partial charge in [0.25, 0.3) is 0 Å². The molecule has 0 aromatic rings. The number of amides is 1. The largest absolute Gasteiger partial charge is 0.355 e. The lowest BCUT2D eigenvalue weighted by Crippen LogP contribution is -2.57. The summed E-state index contributed by atoms with van der Waals surface area (Å²) >= 11 is 0. The highest BCUT2D eigenvalue weighted by molar-refractivity contribution is 5.78. The maximum absolute atomic E-state index is 11.6. The van der Waals surface area contributed by atoms with Crippen molar-refractivity contribution in [1.29, 1.82) is 0 Å². The molecule has 0 saturated heterocycles. The Balaban J connectivity index is 1.59. The number of carbonyl (C=O) groups excluding carboxylic acids is 1. The van der Waals surface area contributed by atoms with Crippen LogP contribution in [0.4, 0.5) is 0 Å². The fraction of sp³-hybridized carbons (Fsp3) is 0.923. The third-order valence-electron chi connectivity index (χ3n) is 4.26. The minimum atomic E-state index is 0.144. The van der Waals surface area contributed by atoms with Gasteiger partial charge in [0.1, 0.15) is 0 Å². The molecule has 0 spiro atoms. The fourth-order valence-electron chi connectivity index (χ4n) is 2.42. The van der Waals surface area contributed by atoms with Crippen LogP contribution in [0.2, 0.25) is 0 Å². The molecule has 17 heavy (non-hydrogen) atoms. The highest BCUT2D eigenvalue weighted by atomic mass is 16.1. The van der Waals surface area contributed by atoms with Crippen molar-refractivity contribution in [2.45, 2.75) is 37.6 Å². The second-order valence-electron chi connectivity index (χ2n) is 5.82. The van der Waals surface area contributed by atoms with Gasteiger partial charge in [0.05, 0.1) is 6.54 Å². The van der Waals surface area contributed by atoms with Crippen LogP contribution in [0.3, 0.4) is 0 Å². The van der Waals surface area contributed by atoms with Gasteiger partial charge in [-0.15, -0.1) is 0 Å². The molecule has 0 atom stereocenters. The van der Waals surface area contributed by atoms with E-state index in [1.54, 1.807) is 0 Å². The van der Waals surface area contributed by atoms with Crippen LogP contribution in [0.15, 0.2) is 0 Å². The Morgan fingerprint density at radius 1 is 1.35 bits per heavy atom. The zero-order valence-corrected chi connectivity index (χ0v) is 11.1. The summed E-state index contributed by atoms with van der Waals surface area (Å²) in [6.45, 7) is 2.26. The first-order valence-electron chi connectivity index (χ1n) is 6.77. The van der Waals surface area contributed by atoms with Gasteiger partial charge < -0.3 is 15.5 Å². The Hall–Kier alpha value is -0.610. The highest BCUT2D eigenvalue weighted by Gasteiger charge is 2.38. The number of carbonyl (C=O) groups is 1. The first kappa shape index (κ1) is 12.8. The summed E-state index contributed by atoms with van der Waals surface area (Å²) in [4.78, 5) is 13.8. The molecular weight excluding hydrogens is 214 g/mol. The smallest absolute Gasteiger partial charge is 0.233 e. The Kier molecular flexibility index (Phi) is 4.05. The van der Waals surface area contributed by atoms with Gasteiger partial charge in [0.2, 0.25) is 5.91 Å². The van der Waals surface area contributed by atoms with E-state index in [0.29, 0.717) is 12.1 Å². The number of nitrogens with zero attached hydrogens (tertiary/aromatic N) is 1. The molecule has 2 aliphatic rings. The number of nitrogens with one attached hydrogen (secondary N) is 2. The standard InChI is InChI=1S/C13H25N3O/c1-16(2)13(6-3-7-13)10-14-9-12(17)15-8-11-4-5-11/h11,14H,3-10H2,1-2H3,(H,15,17). The topological polar surface area (TPSA) is 44.4 Å². The van der Waals surface area contributed by atoms with Crippen molar-refractivity contribution < 1.29 is 4.79 Å². The van der Waals surface area contributed by atoms with E-state index in [2.05, 4.69) is 29.6 Å². The van der Waals surface area contributed by atoms with Crippen molar-refractivity contribution in [1.82, 2.24) is 15.5 Å². The summed E-state index contributed by atoms with van der Waals surface area (Å²) in [5, 5.41) is 6.28. The molecule has 0 heterocycles. The van der Waals surface area contributed by atoms with Crippen molar-refractivity contribution in [3.8, 4) is 0 Å². The Morgan fingerprint density at radius 3 is 2.53 bits per heavy atom. The summed E-state index contributed by atoms with van der Waals surface area (Å²) < 4.78 is 0. The van der Waals surface area contributed by atoms with Crippen LogP contribution >= 0.6 is 0 Å². The van der Waals surface area contributed by atoms with Crippen molar-refractivity contribution in [3.63, 3.8) is 0 Å². The lowest BCUT2D eigenvalue weighted by Gasteiger charge is -2.47. The molecule has 0 unspecified atom stereocenters. The summed E-state index contributed by atoms with van der Waals surface area (Å²) in [5.74, 6) is 0.906. The Morgan fingerprint density at radius 2 is 2.06 bits per heavy atom. The van der Waals surface area contributed by atoms with Gasteiger partial charge in [-0.3, -0.25) is 4.79 Å². The monoisotopic (exact) mass is 239 g/mol. The molecule has 2 N–H and O–H groups in total. The SMILES string of the molecule is CN(C)C1(CNCC(=O)NCC2CC2)CCC1. The first-order chi connectivity index (χ1) is 8.12. The summed E-state index contributed by atoms with van der Waals surface area (Å²) in [6, 6.07) is 0. The molecular formula is C13H25N3O. The van der Waals surface area contributed by atoms with Crippen LogP contribution in [0.25, 0.3) is 0 Å². The number of likely N-dealkylation sites (N-methyl/N-ethyl adjacent to an activating group) is 1. The molecule has 4 heteroatoms. The van der Waals surface area contributed by atoms with E-state index >= 15 is 0 Å². The normalized spacial score (nSPS) is 22.3. The van der Waals surface area contributed by atoms with E-state index in [-0.39, 0.29) is 5.91 Å². The minimum Gasteiger partial charge on any atom is -0.355 e. The molecule has 98 valence electrons. The summed E-state index contributed by atoms with van der Waals surface area (Å²) in [6.07, 6.45) is 6.38. The molecule has 0 radical (unpaired) electrons. The van der Waals surface area contributed by atoms with E-state index < -0.39 is 0 Å². The van der Waals surface area contributed by atoms with Crippen LogP contribution < -0.4 is 10.6 Å². The average Bonchev–Trinajstić information content (AvgIpc) is 3.02. The minimum absolute atomic E-state index is 0.144. The Labute approximate surface area is 104 Å². The van der Waals surface area contributed by atoms with Crippen molar-refractivity contribution in [3.05, 3.63) is 0 Å². The van der Waals surface area contributed by atoms with Gasteiger partial charge in [0, 0.05) is 18.6 Å². The van der Waals surface area contributed by atoms with Crippen molar-refractivity contribution >= 4 is 5.91 Å². The van der Waals surface area contributed by atoms with Crippen LogP contribution in [0, 0.1) is 5.92 Å². The van der Waals surface area contributed by atoms with E-state index in [1.165, 1.54) is 32.1 Å². The molecule has 1 amide bonds. The average molecular weight is 239 g/mol. The van der Waals surface area contributed by atoms with E-state index in [9.17, 15) is 4.79 Å². The van der Waals surface area contributed by atoms with E-state index in [4.69, 9.17) is 0 Å². The van der Waals surface area contributed by atoms with Crippen LogP contribution in [-0.4, -0.2) is 50.1 Å². The quantitative estimate of drug-likeness (QED) is 0.683. The predicted octanol–water partition coefficient (Wildman–Crippen LogP) is 0.586. The van der Waals surface area contributed by atoms with E-state index in [0.717, 1.165) is 19.0 Å². The molecule has 0 bridgehead atoms. The van der Waals surface area contributed by atoms with Gasteiger partial charge in [-0.25, -0.2) is 0 Å². The van der Waals surface area contributed by atoms with E-state index in [1.807, 2.05) is 0 Å². The van der Waals surface area contributed by atoms with Gasteiger partial charge >= 0.3 is 0 Å². The third-order valence-corrected chi connectivity index (χ3v) is 4.26. The highest BCUT2D eigenvalue weighted by Crippen LogP contribution is 2.35. The van der Waals surface area contributed by atoms with Gasteiger partial charge in [-0.05, 0) is 52.1 Å². The maximum atomic E-state index is 11.6. The molecule has 0 aliphatic heterocycles. The third kappa shape index (κ3) is 3.42. The molecule has 0 aromatic heterocycles. The first-order valence-corrected chi connectivity index (χ1v) is 6.77. The molecule has 4 nitrogen and oxygen atoms in total. The Bertz CT molecular complexity index is 270. The van der Waals surface area contributed by atoms with Crippen molar-refractivity contribution in [2.75, 3.05) is 33.7 Å². The zero-order valence-electron chi connectivity index (χ0n) is 11.1. The molecule has 2 saturated carbocycles. The van der Waals surface area contributed by atoms with Gasteiger partial charge in [0.15, 0.2) is 0 Å². The summed E-state index contributed by atoms with van der Waals surface area (Å²) in [5.41, 5.74) is 0.302. The molecule has 2 rings (SSSR count). The second-order valence-corrected chi connectivity index (χ2v) is 5.82. The lowest BCUT2D eigenvalue weighted by atomic mass is 9.75. The number of hydrogen-bond acceptors (Lipinski definition) is 3. The molecule has 2 aliphatic carbocycles. The summed E-state index contributed by atoms with van der Waals surface area (Å²) in [7, 11) is 4.27. The van der Waals surface area contributed by atoms with Gasteiger partial charge in [-0.2, -0.15) is 0 Å². The number of rotatable bonds is 7. The fourth-order valence-corrected chi connectivity index (χ4v) is 2.42. The zero-order chi connectivity index (χ0) is 12.3. The molecule has 0 aromatic carbocycles. The molecule has 2 fully saturated rings. The van der Waals surface area contributed by atoms with Crippen LogP contribution in [0.5, 0.6) is 0 Å². The van der Waals surface area contributed by atoms with Crippen LogP contribution in [0.1, 0.15) is 32.1 Å². The second kappa shape index (κ2) is 5.36.